The lowest BCUT2D eigenvalue weighted by molar-refractivity contribution is -0.384. The third kappa shape index (κ3) is 1.88. The number of nitro benzene ring substituents is 1. The van der Waals surface area contributed by atoms with E-state index in [2.05, 4.69) is 4.90 Å². The molecule has 2 atom stereocenters. The zero-order valence-corrected chi connectivity index (χ0v) is 9.91. The quantitative estimate of drug-likeness (QED) is 0.488. The number of rotatable bonds is 2. The molecule has 0 aromatic heterocycles. The van der Waals surface area contributed by atoms with E-state index in [1.807, 2.05) is 0 Å². The Bertz CT molecular complexity index is 479. The molecule has 6 nitrogen and oxygen atoms in total. The molecule has 2 unspecified atom stereocenters. The number of nitrogens with two attached hydrogens (primary N) is 1. The second-order valence-corrected chi connectivity index (χ2v) is 4.86. The van der Waals surface area contributed by atoms with E-state index in [-0.39, 0.29) is 17.9 Å². The molecule has 3 rings (SSSR count). The average Bonchev–Trinajstić information content (AvgIpc) is 2.68. The first-order valence-electron chi connectivity index (χ1n) is 6.08. The van der Waals surface area contributed by atoms with Gasteiger partial charge >= 0.3 is 0 Å². The van der Waals surface area contributed by atoms with Crippen LogP contribution < -0.4 is 10.6 Å². The number of non-ortho nitro benzene ring substituents is 1. The van der Waals surface area contributed by atoms with Crippen molar-refractivity contribution in [3.05, 3.63) is 28.3 Å². The van der Waals surface area contributed by atoms with Crippen molar-refractivity contribution >= 4 is 17.1 Å². The summed E-state index contributed by atoms with van der Waals surface area (Å²) in [5, 5.41) is 10.7. The first-order chi connectivity index (χ1) is 8.63. The van der Waals surface area contributed by atoms with Crippen LogP contribution in [0, 0.1) is 10.1 Å². The number of hydrogen-bond donors (Lipinski definition) is 1. The molecule has 2 saturated heterocycles. The smallest absolute Gasteiger partial charge is 0.271 e. The molecule has 0 radical (unpaired) electrons. The Morgan fingerprint density at radius 3 is 2.56 bits per heavy atom. The Hall–Kier alpha value is -1.82. The Kier molecular flexibility index (Phi) is 2.59. The molecule has 6 heteroatoms. The molecule has 2 heterocycles. The number of anilines is 2. The van der Waals surface area contributed by atoms with Gasteiger partial charge in [0, 0.05) is 25.2 Å². The minimum absolute atomic E-state index is 0.0347. The van der Waals surface area contributed by atoms with E-state index in [9.17, 15) is 10.1 Å². The summed E-state index contributed by atoms with van der Waals surface area (Å²) in [5.74, 6) is 0. The van der Waals surface area contributed by atoms with Gasteiger partial charge in [0.05, 0.1) is 28.5 Å². The Balaban J connectivity index is 1.86. The molecular weight excluding hydrogens is 234 g/mol. The number of benzene rings is 1. The normalized spacial score (nSPS) is 26.3. The molecule has 2 bridgehead atoms. The van der Waals surface area contributed by atoms with Gasteiger partial charge in [-0.15, -0.1) is 0 Å². The van der Waals surface area contributed by atoms with E-state index < -0.39 is 4.92 Å². The van der Waals surface area contributed by atoms with Gasteiger partial charge in [-0.1, -0.05) is 0 Å². The topological polar surface area (TPSA) is 81.6 Å². The molecule has 2 aliphatic rings. The molecule has 2 aliphatic heterocycles. The predicted molar refractivity (Wildman–Crippen MR) is 67.6 cm³/mol. The molecule has 0 amide bonds. The highest BCUT2D eigenvalue weighted by Gasteiger charge is 2.34. The van der Waals surface area contributed by atoms with Gasteiger partial charge in [-0.3, -0.25) is 10.1 Å². The highest BCUT2D eigenvalue weighted by Crippen LogP contribution is 2.33. The maximum Gasteiger partial charge on any atom is 0.271 e. The van der Waals surface area contributed by atoms with Gasteiger partial charge in [-0.2, -0.15) is 0 Å². The molecule has 2 N–H and O–H groups in total. The Labute approximate surface area is 104 Å². The van der Waals surface area contributed by atoms with Crippen molar-refractivity contribution in [1.29, 1.82) is 0 Å². The molecule has 0 aliphatic carbocycles. The van der Waals surface area contributed by atoms with Gasteiger partial charge in [0.15, 0.2) is 0 Å². The number of nitrogen functional groups attached to an aromatic ring is 1. The summed E-state index contributed by atoms with van der Waals surface area (Å²) in [6.45, 7) is 1.64. The van der Waals surface area contributed by atoms with Crippen LogP contribution in [-0.2, 0) is 4.74 Å². The maximum absolute atomic E-state index is 10.7. The fourth-order valence-electron chi connectivity index (χ4n) is 2.75. The van der Waals surface area contributed by atoms with Crippen molar-refractivity contribution in [3.8, 4) is 0 Å². The standard InChI is InChI=1S/C12H15N3O3/c13-11-5-8(15(16)17)1-4-12(11)14-6-9-2-3-10(7-14)18-9/h1,4-5,9-10H,2-3,6-7,13H2. The minimum Gasteiger partial charge on any atom is -0.397 e. The van der Waals surface area contributed by atoms with Gasteiger partial charge in [-0.05, 0) is 18.9 Å². The van der Waals surface area contributed by atoms with E-state index in [0.717, 1.165) is 31.6 Å². The number of morpholine rings is 1. The van der Waals surface area contributed by atoms with Crippen LogP contribution in [0.2, 0.25) is 0 Å². The lowest BCUT2D eigenvalue weighted by atomic mass is 10.2. The van der Waals surface area contributed by atoms with Crippen LogP contribution in [0.1, 0.15) is 12.8 Å². The average molecular weight is 249 g/mol. The van der Waals surface area contributed by atoms with Crippen LogP contribution in [0.15, 0.2) is 18.2 Å². The molecule has 1 aromatic rings. The summed E-state index contributed by atoms with van der Waals surface area (Å²) in [7, 11) is 0. The van der Waals surface area contributed by atoms with E-state index in [4.69, 9.17) is 10.5 Å². The third-order valence-corrected chi connectivity index (χ3v) is 3.61. The van der Waals surface area contributed by atoms with Gasteiger partial charge in [-0.25, -0.2) is 0 Å². The number of ether oxygens (including phenoxy) is 1. The first kappa shape index (κ1) is 11.3. The molecular formula is C12H15N3O3. The van der Waals surface area contributed by atoms with Gasteiger partial charge in [0.25, 0.3) is 5.69 Å². The summed E-state index contributed by atoms with van der Waals surface area (Å²) >= 11 is 0. The fourth-order valence-corrected chi connectivity index (χ4v) is 2.75. The molecule has 0 saturated carbocycles. The number of nitro groups is 1. The molecule has 96 valence electrons. The van der Waals surface area contributed by atoms with Crippen LogP contribution >= 0.6 is 0 Å². The van der Waals surface area contributed by atoms with Crippen LogP contribution in [0.4, 0.5) is 17.1 Å². The largest absolute Gasteiger partial charge is 0.397 e. The van der Waals surface area contributed by atoms with E-state index in [1.165, 1.54) is 12.1 Å². The predicted octanol–water partition coefficient (Wildman–Crippen LogP) is 1.54. The summed E-state index contributed by atoms with van der Waals surface area (Å²) in [4.78, 5) is 12.4. The van der Waals surface area contributed by atoms with Crippen molar-refractivity contribution in [1.82, 2.24) is 0 Å². The number of fused-ring (bicyclic) bond motifs is 2. The molecule has 1 aromatic carbocycles. The molecule has 0 spiro atoms. The second-order valence-electron chi connectivity index (χ2n) is 4.86. The minimum atomic E-state index is -0.427. The van der Waals surface area contributed by atoms with Crippen molar-refractivity contribution in [3.63, 3.8) is 0 Å². The van der Waals surface area contributed by atoms with Crippen LogP contribution in [0.5, 0.6) is 0 Å². The number of hydrogen-bond acceptors (Lipinski definition) is 5. The zero-order chi connectivity index (χ0) is 12.7. The second kappa shape index (κ2) is 4.13. The highest BCUT2D eigenvalue weighted by molar-refractivity contribution is 5.71. The van der Waals surface area contributed by atoms with Crippen LogP contribution in [-0.4, -0.2) is 30.2 Å². The summed E-state index contributed by atoms with van der Waals surface area (Å²) in [5.41, 5.74) is 7.29. The summed E-state index contributed by atoms with van der Waals surface area (Å²) in [6.07, 6.45) is 2.74. The van der Waals surface area contributed by atoms with Gasteiger partial charge in [0.1, 0.15) is 0 Å². The van der Waals surface area contributed by atoms with Crippen LogP contribution in [0.25, 0.3) is 0 Å². The molecule has 2 fully saturated rings. The van der Waals surface area contributed by atoms with E-state index in [0.29, 0.717) is 5.69 Å². The fraction of sp³-hybridized carbons (Fsp3) is 0.500. The third-order valence-electron chi connectivity index (χ3n) is 3.61. The van der Waals surface area contributed by atoms with Crippen molar-refractivity contribution in [2.75, 3.05) is 23.7 Å². The van der Waals surface area contributed by atoms with Gasteiger partial charge < -0.3 is 15.4 Å². The van der Waals surface area contributed by atoms with E-state index >= 15 is 0 Å². The van der Waals surface area contributed by atoms with Crippen molar-refractivity contribution in [2.24, 2.45) is 0 Å². The number of nitrogens with zero attached hydrogens (tertiary/aromatic N) is 2. The maximum atomic E-state index is 10.7. The van der Waals surface area contributed by atoms with E-state index in [1.54, 1.807) is 6.07 Å². The Morgan fingerprint density at radius 2 is 2.00 bits per heavy atom. The lowest BCUT2D eigenvalue weighted by Crippen LogP contribution is -2.42. The summed E-state index contributed by atoms with van der Waals surface area (Å²) in [6, 6.07) is 4.66. The monoisotopic (exact) mass is 249 g/mol. The van der Waals surface area contributed by atoms with Crippen LogP contribution in [0.3, 0.4) is 0 Å². The highest BCUT2D eigenvalue weighted by atomic mass is 16.6. The van der Waals surface area contributed by atoms with Crippen molar-refractivity contribution < 1.29 is 9.66 Å². The van der Waals surface area contributed by atoms with Crippen molar-refractivity contribution in [2.45, 2.75) is 25.0 Å². The lowest BCUT2D eigenvalue weighted by Gasteiger charge is -2.34. The van der Waals surface area contributed by atoms with Gasteiger partial charge in [0.2, 0.25) is 0 Å². The first-order valence-corrected chi connectivity index (χ1v) is 6.08. The Morgan fingerprint density at radius 1 is 1.33 bits per heavy atom. The SMILES string of the molecule is Nc1cc([N+](=O)[O-])ccc1N1CC2CCC(C1)O2. The zero-order valence-electron chi connectivity index (χ0n) is 9.91. The summed E-state index contributed by atoms with van der Waals surface area (Å²) < 4.78 is 5.76. The molecule has 18 heavy (non-hydrogen) atoms.